The number of halogens is 1. The van der Waals surface area contributed by atoms with E-state index in [0.29, 0.717) is 5.92 Å². The number of nitrogens with one attached hydrogen (secondary N) is 1. The molecule has 0 saturated carbocycles. The van der Waals surface area contributed by atoms with Gasteiger partial charge in [0.15, 0.2) is 0 Å². The van der Waals surface area contributed by atoms with Gasteiger partial charge in [-0.1, -0.05) is 0 Å². The minimum absolute atomic E-state index is 0.214. The molecule has 1 aliphatic heterocycles. The Morgan fingerprint density at radius 1 is 1.47 bits per heavy atom. The second kappa shape index (κ2) is 3.31. The largest absolute Gasteiger partial charge is 0.316 e. The van der Waals surface area contributed by atoms with Gasteiger partial charge in [-0.05, 0) is 31.1 Å². The van der Waals surface area contributed by atoms with E-state index in [0.717, 1.165) is 30.9 Å². The molecule has 0 atom stereocenters. The zero-order chi connectivity index (χ0) is 10.3. The predicted octanol–water partition coefficient (Wildman–Crippen LogP) is 1.24. The summed E-state index contributed by atoms with van der Waals surface area (Å²) in [6.45, 7) is 2.09. The monoisotopic (exact) mass is 205 g/mol. The summed E-state index contributed by atoms with van der Waals surface area (Å²) in [5.74, 6) is 1.39. The van der Waals surface area contributed by atoms with Crippen LogP contribution in [0.25, 0.3) is 5.52 Å². The van der Waals surface area contributed by atoms with Crippen LogP contribution in [-0.4, -0.2) is 22.5 Å². The number of imidazole rings is 1. The molecule has 2 aromatic rings. The highest BCUT2D eigenvalue weighted by atomic mass is 19.1. The molecule has 0 aromatic carbocycles. The van der Waals surface area contributed by atoms with E-state index >= 15 is 0 Å². The minimum atomic E-state index is -0.214. The van der Waals surface area contributed by atoms with Gasteiger partial charge < -0.3 is 9.72 Å². The van der Waals surface area contributed by atoms with Crippen LogP contribution in [0.5, 0.6) is 0 Å². The SMILES string of the molecule is Fc1ccc2cnc(CC3CNC3)n2c1. The van der Waals surface area contributed by atoms with Crippen LogP contribution >= 0.6 is 0 Å². The lowest BCUT2D eigenvalue weighted by Gasteiger charge is -2.26. The van der Waals surface area contributed by atoms with Gasteiger partial charge in [-0.2, -0.15) is 0 Å². The van der Waals surface area contributed by atoms with E-state index in [4.69, 9.17) is 0 Å². The topological polar surface area (TPSA) is 29.3 Å². The molecule has 1 N–H and O–H groups in total. The molecule has 1 saturated heterocycles. The summed E-state index contributed by atoms with van der Waals surface area (Å²) < 4.78 is 14.9. The van der Waals surface area contributed by atoms with E-state index in [1.54, 1.807) is 12.3 Å². The summed E-state index contributed by atoms with van der Waals surface area (Å²) in [7, 11) is 0. The van der Waals surface area contributed by atoms with Crippen LogP contribution < -0.4 is 5.32 Å². The van der Waals surface area contributed by atoms with Crippen molar-refractivity contribution in [1.29, 1.82) is 0 Å². The van der Waals surface area contributed by atoms with Gasteiger partial charge in [-0.15, -0.1) is 0 Å². The van der Waals surface area contributed by atoms with Gasteiger partial charge in [0.1, 0.15) is 11.6 Å². The first-order chi connectivity index (χ1) is 7.33. The molecular formula is C11H12FN3. The number of rotatable bonds is 2. The molecule has 3 nitrogen and oxygen atoms in total. The van der Waals surface area contributed by atoms with Crippen molar-refractivity contribution in [3.05, 3.63) is 36.2 Å². The Hall–Kier alpha value is -1.42. The quantitative estimate of drug-likeness (QED) is 0.799. The van der Waals surface area contributed by atoms with Crippen molar-refractivity contribution in [3.8, 4) is 0 Å². The summed E-state index contributed by atoms with van der Waals surface area (Å²) in [5, 5.41) is 3.22. The van der Waals surface area contributed by atoms with E-state index in [2.05, 4.69) is 10.3 Å². The van der Waals surface area contributed by atoms with E-state index in [-0.39, 0.29) is 5.82 Å². The summed E-state index contributed by atoms with van der Waals surface area (Å²) in [6.07, 6.45) is 4.22. The number of hydrogen-bond donors (Lipinski definition) is 1. The van der Waals surface area contributed by atoms with Crippen molar-refractivity contribution in [2.75, 3.05) is 13.1 Å². The zero-order valence-corrected chi connectivity index (χ0v) is 8.28. The second-order valence-corrected chi connectivity index (χ2v) is 4.05. The first kappa shape index (κ1) is 8.85. The smallest absolute Gasteiger partial charge is 0.139 e. The van der Waals surface area contributed by atoms with Gasteiger partial charge in [-0.3, -0.25) is 0 Å². The van der Waals surface area contributed by atoms with E-state index in [1.807, 2.05) is 4.40 Å². The van der Waals surface area contributed by atoms with Gasteiger partial charge >= 0.3 is 0 Å². The Morgan fingerprint density at radius 2 is 2.33 bits per heavy atom. The molecule has 2 aromatic heterocycles. The Morgan fingerprint density at radius 3 is 3.07 bits per heavy atom. The fraction of sp³-hybridized carbons (Fsp3) is 0.364. The minimum Gasteiger partial charge on any atom is -0.316 e. The summed E-state index contributed by atoms with van der Waals surface area (Å²) in [6, 6.07) is 3.22. The van der Waals surface area contributed by atoms with Crippen molar-refractivity contribution < 1.29 is 4.39 Å². The van der Waals surface area contributed by atoms with Gasteiger partial charge in [0, 0.05) is 12.6 Å². The molecule has 1 fully saturated rings. The van der Waals surface area contributed by atoms with Crippen molar-refractivity contribution in [2.45, 2.75) is 6.42 Å². The summed E-state index contributed by atoms with van der Waals surface area (Å²) in [5.41, 5.74) is 0.957. The maximum atomic E-state index is 13.1. The van der Waals surface area contributed by atoms with Crippen LogP contribution in [0.4, 0.5) is 4.39 Å². The van der Waals surface area contributed by atoms with E-state index < -0.39 is 0 Å². The van der Waals surface area contributed by atoms with Gasteiger partial charge in [-0.25, -0.2) is 9.37 Å². The van der Waals surface area contributed by atoms with Crippen LogP contribution in [0.3, 0.4) is 0 Å². The van der Waals surface area contributed by atoms with Crippen molar-refractivity contribution in [3.63, 3.8) is 0 Å². The molecule has 0 bridgehead atoms. The number of pyridine rings is 1. The maximum Gasteiger partial charge on any atom is 0.139 e. The number of aromatic nitrogens is 2. The van der Waals surface area contributed by atoms with Gasteiger partial charge in [0.2, 0.25) is 0 Å². The predicted molar refractivity (Wildman–Crippen MR) is 55.2 cm³/mol. The molecule has 78 valence electrons. The van der Waals surface area contributed by atoms with Crippen LogP contribution in [-0.2, 0) is 6.42 Å². The Balaban J connectivity index is 1.98. The molecule has 4 heteroatoms. The molecular weight excluding hydrogens is 193 g/mol. The Labute approximate surface area is 86.9 Å². The highest BCUT2D eigenvalue weighted by Gasteiger charge is 2.19. The lowest BCUT2D eigenvalue weighted by molar-refractivity contribution is 0.340. The first-order valence-corrected chi connectivity index (χ1v) is 5.15. The van der Waals surface area contributed by atoms with Crippen LogP contribution in [0.2, 0.25) is 0 Å². The third kappa shape index (κ3) is 1.51. The van der Waals surface area contributed by atoms with Crippen molar-refractivity contribution in [1.82, 2.24) is 14.7 Å². The van der Waals surface area contributed by atoms with E-state index in [1.165, 1.54) is 12.3 Å². The van der Waals surface area contributed by atoms with Gasteiger partial charge in [0.25, 0.3) is 0 Å². The zero-order valence-electron chi connectivity index (χ0n) is 8.28. The summed E-state index contributed by atoms with van der Waals surface area (Å²) >= 11 is 0. The summed E-state index contributed by atoms with van der Waals surface area (Å²) in [4.78, 5) is 4.33. The van der Waals surface area contributed by atoms with Crippen molar-refractivity contribution >= 4 is 5.52 Å². The van der Waals surface area contributed by atoms with Gasteiger partial charge in [0.05, 0.1) is 11.7 Å². The standard InChI is InChI=1S/C11H12FN3/c12-9-1-2-10-6-14-11(15(10)7-9)3-8-4-13-5-8/h1-2,6-8,13H,3-5H2. The number of fused-ring (bicyclic) bond motifs is 1. The van der Waals surface area contributed by atoms with Crippen LogP contribution in [0, 0.1) is 11.7 Å². The molecule has 0 unspecified atom stereocenters. The lowest BCUT2D eigenvalue weighted by atomic mass is 9.99. The maximum absolute atomic E-state index is 13.1. The molecule has 0 amide bonds. The molecule has 3 heterocycles. The van der Waals surface area contributed by atoms with Crippen LogP contribution in [0.1, 0.15) is 5.82 Å². The average Bonchev–Trinajstić information content (AvgIpc) is 2.54. The van der Waals surface area contributed by atoms with E-state index in [9.17, 15) is 4.39 Å². The fourth-order valence-electron chi connectivity index (χ4n) is 1.92. The molecule has 3 rings (SSSR count). The molecule has 15 heavy (non-hydrogen) atoms. The Bertz CT molecular complexity index is 488. The van der Waals surface area contributed by atoms with Crippen LogP contribution in [0.15, 0.2) is 24.5 Å². The highest BCUT2D eigenvalue weighted by molar-refractivity contribution is 5.45. The molecule has 0 radical (unpaired) electrons. The number of nitrogens with zero attached hydrogens (tertiary/aromatic N) is 2. The third-order valence-corrected chi connectivity index (χ3v) is 2.91. The normalized spacial score (nSPS) is 16.9. The molecule has 0 spiro atoms. The fourth-order valence-corrected chi connectivity index (χ4v) is 1.92. The Kier molecular flexibility index (Phi) is 1.95. The second-order valence-electron chi connectivity index (χ2n) is 4.05. The first-order valence-electron chi connectivity index (χ1n) is 5.15. The van der Waals surface area contributed by atoms with Crippen molar-refractivity contribution in [2.24, 2.45) is 5.92 Å². The molecule has 1 aliphatic rings. The number of hydrogen-bond acceptors (Lipinski definition) is 2. The molecule has 0 aliphatic carbocycles. The lowest BCUT2D eigenvalue weighted by Crippen LogP contribution is -2.43. The highest BCUT2D eigenvalue weighted by Crippen LogP contribution is 2.14. The third-order valence-electron chi connectivity index (χ3n) is 2.91. The average molecular weight is 205 g/mol.